The fourth-order valence-electron chi connectivity index (χ4n) is 3.83. The first-order valence-electron chi connectivity index (χ1n) is 10.9. The first-order chi connectivity index (χ1) is 16.1. The number of nitrogens with zero attached hydrogens (tertiary/aromatic N) is 2. The van der Waals surface area contributed by atoms with Crippen LogP contribution in [0.1, 0.15) is 11.1 Å². The van der Waals surface area contributed by atoms with Crippen LogP contribution in [-0.2, 0) is 9.59 Å². The van der Waals surface area contributed by atoms with E-state index in [1.807, 2.05) is 24.3 Å². The topological polar surface area (TPSA) is 91.3 Å². The highest BCUT2D eigenvalue weighted by atomic mass is 16.5. The first kappa shape index (κ1) is 22.6. The van der Waals surface area contributed by atoms with E-state index in [9.17, 15) is 9.59 Å². The molecule has 2 N–H and O–H groups in total. The second-order valence-electron chi connectivity index (χ2n) is 7.79. The number of anilines is 1. The molecule has 1 saturated heterocycles. The molecular weight excluding hydrogens is 422 g/mol. The number of aliphatic hydroxyl groups is 1. The van der Waals surface area contributed by atoms with E-state index in [0.717, 1.165) is 24.2 Å². The highest BCUT2D eigenvalue weighted by Crippen LogP contribution is 2.31. The second kappa shape index (κ2) is 10.3. The Morgan fingerprint density at radius 3 is 2.73 bits per heavy atom. The van der Waals surface area contributed by atoms with Gasteiger partial charge in [0, 0.05) is 44.4 Å². The molecule has 2 aromatic carbocycles. The van der Waals surface area contributed by atoms with E-state index < -0.39 is 0 Å². The summed E-state index contributed by atoms with van der Waals surface area (Å²) in [6.07, 6.45) is 4.92. The SMILES string of the molecule is COc1ccc(/C=C2/Oc3ccccc3NC2=O)cc1/C=C\C(=O)N1CCN(CCO)CC1. The lowest BCUT2D eigenvalue weighted by Gasteiger charge is -2.33. The highest BCUT2D eigenvalue weighted by molar-refractivity contribution is 6.08. The summed E-state index contributed by atoms with van der Waals surface area (Å²) in [5.74, 6) is 0.994. The molecule has 1 fully saturated rings. The predicted octanol–water partition coefficient (Wildman–Crippen LogP) is 2.22. The van der Waals surface area contributed by atoms with Gasteiger partial charge in [-0.2, -0.15) is 0 Å². The Hall–Kier alpha value is -3.62. The molecule has 8 nitrogen and oxygen atoms in total. The second-order valence-corrected chi connectivity index (χ2v) is 7.79. The maximum Gasteiger partial charge on any atom is 0.291 e. The van der Waals surface area contributed by atoms with Gasteiger partial charge >= 0.3 is 0 Å². The van der Waals surface area contributed by atoms with Gasteiger partial charge in [-0.15, -0.1) is 0 Å². The average Bonchev–Trinajstić information content (AvgIpc) is 2.84. The van der Waals surface area contributed by atoms with Gasteiger partial charge in [0.15, 0.2) is 11.5 Å². The maximum absolute atomic E-state index is 12.6. The predicted molar refractivity (Wildman–Crippen MR) is 126 cm³/mol. The van der Waals surface area contributed by atoms with Crippen molar-refractivity contribution in [2.24, 2.45) is 0 Å². The van der Waals surface area contributed by atoms with Crippen molar-refractivity contribution in [2.45, 2.75) is 0 Å². The van der Waals surface area contributed by atoms with Gasteiger partial charge in [-0.05, 0) is 42.0 Å². The molecule has 4 rings (SSSR count). The van der Waals surface area contributed by atoms with Gasteiger partial charge in [0.2, 0.25) is 5.91 Å². The molecule has 0 aromatic heterocycles. The summed E-state index contributed by atoms with van der Waals surface area (Å²) < 4.78 is 11.2. The number of para-hydroxylation sites is 2. The minimum atomic E-state index is -0.322. The summed E-state index contributed by atoms with van der Waals surface area (Å²) in [5.41, 5.74) is 2.09. The van der Waals surface area contributed by atoms with Crippen LogP contribution < -0.4 is 14.8 Å². The summed E-state index contributed by atoms with van der Waals surface area (Å²) in [4.78, 5) is 29.0. The molecule has 0 unspecified atom stereocenters. The van der Waals surface area contributed by atoms with E-state index in [-0.39, 0.29) is 24.2 Å². The normalized spacial score (nSPS) is 17.6. The lowest BCUT2D eigenvalue weighted by atomic mass is 10.1. The van der Waals surface area contributed by atoms with Crippen LogP contribution in [0.3, 0.4) is 0 Å². The molecule has 2 amide bonds. The third-order valence-corrected chi connectivity index (χ3v) is 5.64. The van der Waals surface area contributed by atoms with Crippen LogP contribution in [0, 0.1) is 0 Å². The van der Waals surface area contributed by atoms with Crippen LogP contribution in [0.5, 0.6) is 11.5 Å². The number of methoxy groups -OCH3 is 1. The lowest BCUT2D eigenvalue weighted by Crippen LogP contribution is -2.48. The van der Waals surface area contributed by atoms with Gasteiger partial charge in [0.25, 0.3) is 5.91 Å². The number of β-amino-alcohol motifs (C(OH)–C–C–N with tert-alkyl or cyclic N) is 1. The minimum absolute atomic E-state index is 0.0731. The number of carbonyl (C=O) groups is 2. The van der Waals surface area contributed by atoms with Crippen molar-refractivity contribution < 1.29 is 24.2 Å². The fourth-order valence-corrected chi connectivity index (χ4v) is 3.83. The number of benzene rings is 2. The number of nitrogens with one attached hydrogen (secondary N) is 1. The van der Waals surface area contributed by atoms with Crippen LogP contribution in [-0.4, -0.2) is 73.2 Å². The summed E-state index contributed by atoms with van der Waals surface area (Å²) >= 11 is 0. The number of fused-ring (bicyclic) bond motifs is 1. The highest BCUT2D eigenvalue weighted by Gasteiger charge is 2.22. The standard InChI is InChI=1S/C25H27N3O5/c1-32-21-8-6-18(17-23-25(31)26-20-4-2-3-5-22(20)33-23)16-19(21)7-9-24(30)28-12-10-27(11-13-28)14-15-29/h2-9,16-17,29H,10-15H2,1H3,(H,26,31)/b9-7-,23-17+. The van der Waals surface area contributed by atoms with Gasteiger partial charge in [0.1, 0.15) is 5.75 Å². The van der Waals surface area contributed by atoms with Gasteiger partial charge in [-0.25, -0.2) is 0 Å². The number of hydrogen-bond donors (Lipinski definition) is 2. The van der Waals surface area contributed by atoms with Crippen LogP contribution in [0.25, 0.3) is 12.2 Å². The Balaban J connectivity index is 1.49. The summed E-state index contributed by atoms with van der Waals surface area (Å²) in [5, 5.41) is 11.9. The van der Waals surface area contributed by atoms with Gasteiger partial charge in [-0.3, -0.25) is 14.5 Å². The third kappa shape index (κ3) is 5.42. The molecule has 2 aliphatic rings. The molecule has 2 aromatic rings. The van der Waals surface area contributed by atoms with Crippen LogP contribution >= 0.6 is 0 Å². The number of piperazine rings is 1. The van der Waals surface area contributed by atoms with Crippen molar-refractivity contribution in [1.29, 1.82) is 0 Å². The van der Waals surface area contributed by atoms with Gasteiger partial charge in [0.05, 0.1) is 19.4 Å². The van der Waals surface area contributed by atoms with Crippen molar-refractivity contribution in [3.8, 4) is 11.5 Å². The minimum Gasteiger partial charge on any atom is -0.496 e. The molecule has 0 bridgehead atoms. The molecular formula is C25H27N3O5. The largest absolute Gasteiger partial charge is 0.496 e. The molecule has 0 spiro atoms. The van der Waals surface area contributed by atoms with E-state index in [1.165, 1.54) is 6.08 Å². The van der Waals surface area contributed by atoms with E-state index in [4.69, 9.17) is 14.6 Å². The van der Waals surface area contributed by atoms with E-state index in [2.05, 4.69) is 10.2 Å². The molecule has 2 aliphatic heterocycles. The molecule has 0 saturated carbocycles. The quantitative estimate of drug-likeness (QED) is 0.658. The fraction of sp³-hybridized carbons (Fsp3) is 0.280. The van der Waals surface area contributed by atoms with Crippen molar-refractivity contribution in [1.82, 2.24) is 9.80 Å². The zero-order valence-corrected chi connectivity index (χ0v) is 18.5. The Kier molecular flexibility index (Phi) is 7.07. The Bertz CT molecular complexity index is 1090. The summed E-state index contributed by atoms with van der Waals surface area (Å²) in [6, 6.07) is 12.7. The molecule has 0 radical (unpaired) electrons. The van der Waals surface area contributed by atoms with Gasteiger partial charge < -0.3 is 24.8 Å². The number of rotatable bonds is 6. The Morgan fingerprint density at radius 1 is 1.18 bits per heavy atom. The molecule has 172 valence electrons. The molecule has 33 heavy (non-hydrogen) atoms. The molecule has 8 heteroatoms. The number of amides is 2. The first-order valence-corrected chi connectivity index (χ1v) is 10.9. The zero-order chi connectivity index (χ0) is 23.2. The lowest BCUT2D eigenvalue weighted by molar-refractivity contribution is -0.127. The molecule has 2 heterocycles. The van der Waals surface area contributed by atoms with E-state index in [1.54, 1.807) is 42.4 Å². The van der Waals surface area contributed by atoms with Crippen molar-refractivity contribution >= 4 is 29.7 Å². The molecule has 0 atom stereocenters. The number of hydrogen-bond acceptors (Lipinski definition) is 6. The molecule has 0 aliphatic carbocycles. The van der Waals surface area contributed by atoms with E-state index >= 15 is 0 Å². The van der Waals surface area contributed by atoms with Crippen molar-refractivity contribution in [3.63, 3.8) is 0 Å². The Morgan fingerprint density at radius 2 is 1.97 bits per heavy atom. The average molecular weight is 450 g/mol. The number of carbonyl (C=O) groups excluding carboxylic acids is 2. The third-order valence-electron chi connectivity index (χ3n) is 5.64. The maximum atomic E-state index is 12.6. The van der Waals surface area contributed by atoms with Crippen molar-refractivity contribution in [2.75, 3.05) is 51.8 Å². The monoisotopic (exact) mass is 449 g/mol. The summed E-state index contributed by atoms with van der Waals surface area (Å²) in [7, 11) is 1.57. The number of ether oxygens (including phenoxy) is 2. The van der Waals surface area contributed by atoms with E-state index in [0.29, 0.717) is 36.8 Å². The number of aliphatic hydroxyl groups excluding tert-OH is 1. The van der Waals surface area contributed by atoms with Crippen LogP contribution in [0.2, 0.25) is 0 Å². The van der Waals surface area contributed by atoms with Crippen LogP contribution in [0.15, 0.2) is 54.3 Å². The van der Waals surface area contributed by atoms with Crippen LogP contribution in [0.4, 0.5) is 5.69 Å². The Labute approximate surface area is 192 Å². The zero-order valence-electron chi connectivity index (χ0n) is 18.5. The smallest absolute Gasteiger partial charge is 0.291 e. The van der Waals surface area contributed by atoms with Gasteiger partial charge in [-0.1, -0.05) is 18.2 Å². The summed E-state index contributed by atoms with van der Waals surface area (Å²) in [6.45, 7) is 3.50. The van der Waals surface area contributed by atoms with Crippen molar-refractivity contribution in [3.05, 3.63) is 65.4 Å².